The molecule has 18 heavy (non-hydrogen) atoms. The Balaban J connectivity index is 3.51. The first-order chi connectivity index (χ1) is 8.47. The van der Waals surface area contributed by atoms with Crippen LogP contribution in [0.3, 0.4) is 0 Å². The first-order valence-electron chi connectivity index (χ1n) is 5.57. The second-order valence-corrected chi connectivity index (χ2v) is 3.51. The topological polar surface area (TPSA) is 90.9 Å². The molecule has 101 valence electrons. The van der Waals surface area contributed by atoms with Crippen LogP contribution in [0, 0.1) is 5.92 Å². The maximum Gasteiger partial charge on any atom is 0.663 e. The third kappa shape index (κ3) is 8.43. The van der Waals surface area contributed by atoms with Gasteiger partial charge in [0.25, 0.3) is 5.97 Å². The minimum atomic E-state index is -0.796. The number of hydrogen-bond acceptors (Lipinski definition) is 6. The summed E-state index contributed by atoms with van der Waals surface area (Å²) in [4.78, 5) is 32.5. The number of rotatable bonds is 7. The molecular weight excluding hydrogens is 241 g/mol. The molecule has 0 saturated heterocycles. The van der Waals surface area contributed by atoms with E-state index in [4.69, 9.17) is 4.74 Å². The Hall–Kier alpha value is -1.73. The summed E-state index contributed by atoms with van der Waals surface area (Å²) in [5.41, 5.74) is 0. The molecule has 8 heteroatoms. The van der Waals surface area contributed by atoms with E-state index in [0.717, 1.165) is 0 Å². The van der Waals surface area contributed by atoms with Crippen molar-refractivity contribution in [2.45, 2.75) is 27.2 Å². The van der Waals surface area contributed by atoms with Crippen LogP contribution >= 0.6 is 0 Å². The molecule has 0 aliphatic rings. The number of nitrogens with one attached hydrogen (secondary N) is 1. The second kappa shape index (κ2) is 9.32. The molecular formula is C10H17BNO6. The Bertz CT molecular complexity index is 296. The lowest BCUT2D eigenvalue weighted by atomic mass is 10.1. The third-order valence-electron chi connectivity index (χ3n) is 2.00. The van der Waals surface area contributed by atoms with E-state index >= 15 is 0 Å². The molecule has 0 rings (SSSR count). The van der Waals surface area contributed by atoms with Crippen molar-refractivity contribution in [3.8, 4) is 0 Å². The summed E-state index contributed by atoms with van der Waals surface area (Å²) in [5.74, 6) is -1.06. The van der Waals surface area contributed by atoms with E-state index in [1.165, 1.54) is 6.92 Å². The van der Waals surface area contributed by atoms with Gasteiger partial charge in [0.1, 0.15) is 6.61 Å². The average molecular weight is 258 g/mol. The van der Waals surface area contributed by atoms with Gasteiger partial charge in [-0.3, -0.25) is 9.59 Å². The van der Waals surface area contributed by atoms with Crippen molar-refractivity contribution in [2.75, 3.05) is 13.2 Å². The van der Waals surface area contributed by atoms with Crippen LogP contribution < -0.4 is 5.32 Å². The smallest absolute Gasteiger partial charge is 0.500 e. The van der Waals surface area contributed by atoms with Gasteiger partial charge in [-0.15, -0.1) is 0 Å². The highest BCUT2D eigenvalue weighted by Crippen LogP contribution is 2.02. The fourth-order valence-corrected chi connectivity index (χ4v) is 0.791. The molecule has 0 bridgehead atoms. The second-order valence-electron chi connectivity index (χ2n) is 3.51. The van der Waals surface area contributed by atoms with Crippen molar-refractivity contribution in [1.29, 1.82) is 0 Å². The highest BCUT2D eigenvalue weighted by Gasteiger charge is 2.12. The van der Waals surface area contributed by atoms with E-state index in [2.05, 4.69) is 14.6 Å². The molecule has 0 fully saturated rings. The number of amides is 1. The SMILES string of the molecule is CCC(C)C(=O)OCCNC(=O)O[B]OC(C)=O. The van der Waals surface area contributed by atoms with E-state index in [0.29, 0.717) is 14.1 Å². The van der Waals surface area contributed by atoms with Crippen molar-refractivity contribution in [3.05, 3.63) is 0 Å². The summed E-state index contributed by atoms with van der Waals surface area (Å²) in [6.07, 6.45) is -0.0955. The molecule has 0 heterocycles. The Morgan fingerprint density at radius 3 is 2.50 bits per heavy atom. The molecule has 0 aromatic heterocycles. The third-order valence-corrected chi connectivity index (χ3v) is 2.00. The van der Waals surface area contributed by atoms with Gasteiger partial charge in [-0.05, 0) is 6.42 Å². The van der Waals surface area contributed by atoms with Crippen LogP contribution in [0.1, 0.15) is 27.2 Å². The predicted octanol–water partition coefficient (Wildman–Crippen LogP) is 0.399. The monoisotopic (exact) mass is 258 g/mol. The summed E-state index contributed by atoms with van der Waals surface area (Å²) in [6.45, 7) is 5.00. The molecule has 0 aliphatic carbocycles. The minimum absolute atomic E-state index is 0.0613. The van der Waals surface area contributed by atoms with Crippen LogP contribution in [0.15, 0.2) is 0 Å². The molecule has 0 spiro atoms. The lowest BCUT2D eigenvalue weighted by Gasteiger charge is -2.09. The van der Waals surface area contributed by atoms with Crippen LogP contribution in [0.4, 0.5) is 4.79 Å². The van der Waals surface area contributed by atoms with Gasteiger partial charge in [0.2, 0.25) is 0 Å². The lowest BCUT2D eigenvalue weighted by Crippen LogP contribution is -2.31. The Morgan fingerprint density at radius 1 is 1.28 bits per heavy atom. The van der Waals surface area contributed by atoms with Gasteiger partial charge >= 0.3 is 19.7 Å². The summed E-state index contributed by atoms with van der Waals surface area (Å²) in [6, 6.07) is 0. The van der Waals surface area contributed by atoms with Crippen LogP contribution in [0.5, 0.6) is 0 Å². The zero-order valence-corrected chi connectivity index (χ0v) is 10.7. The largest absolute Gasteiger partial charge is 0.663 e. The minimum Gasteiger partial charge on any atom is -0.500 e. The quantitative estimate of drug-likeness (QED) is 0.403. The molecule has 1 atom stereocenters. The number of hydrogen-bond donors (Lipinski definition) is 1. The molecule has 0 aliphatic heterocycles. The molecule has 7 nitrogen and oxygen atoms in total. The number of carbonyl (C=O) groups is 3. The van der Waals surface area contributed by atoms with Gasteiger partial charge in [-0.2, -0.15) is 0 Å². The van der Waals surface area contributed by atoms with Crippen LogP contribution in [0.2, 0.25) is 0 Å². The molecule has 1 amide bonds. The van der Waals surface area contributed by atoms with Crippen molar-refractivity contribution in [3.63, 3.8) is 0 Å². The van der Waals surface area contributed by atoms with Gasteiger partial charge in [0.05, 0.1) is 12.5 Å². The van der Waals surface area contributed by atoms with E-state index in [-0.39, 0.29) is 25.0 Å². The maximum atomic E-state index is 11.2. The highest BCUT2D eigenvalue weighted by atomic mass is 16.6. The van der Waals surface area contributed by atoms with E-state index < -0.39 is 12.1 Å². The zero-order valence-electron chi connectivity index (χ0n) is 10.7. The van der Waals surface area contributed by atoms with Crippen LogP contribution in [-0.4, -0.2) is 38.9 Å². The number of ether oxygens (including phenoxy) is 1. The highest BCUT2D eigenvalue weighted by molar-refractivity contribution is 6.25. The molecule has 0 saturated carbocycles. The van der Waals surface area contributed by atoms with Gasteiger partial charge in [0, 0.05) is 6.92 Å². The summed E-state index contributed by atoms with van der Waals surface area (Å²) in [7, 11) is 0.628. The standard InChI is InChI=1S/C10H17BNO6/c1-4-7(2)9(14)16-6-5-12-10(15)18-11-17-8(3)13/h7H,4-6H2,1-3H3,(H,12,15). The summed E-state index contributed by atoms with van der Waals surface area (Å²) >= 11 is 0. The Labute approximate surface area is 106 Å². The maximum absolute atomic E-state index is 11.2. The van der Waals surface area contributed by atoms with Gasteiger partial charge in [-0.1, -0.05) is 13.8 Å². The van der Waals surface area contributed by atoms with Gasteiger partial charge < -0.3 is 19.4 Å². The predicted molar refractivity (Wildman–Crippen MR) is 62.4 cm³/mol. The molecule has 0 aromatic rings. The van der Waals surface area contributed by atoms with Crippen molar-refractivity contribution in [1.82, 2.24) is 5.32 Å². The zero-order chi connectivity index (χ0) is 14.0. The van der Waals surface area contributed by atoms with Crippen LogP contribution in [-0.2, 0) is 23.6 Å². The average Bonchev–Trinajstić information content (AvgIpc) is 2.32. The van der Waals surface area contributed by atoms with Gasteiger partial charge in [-0.25, -0.2) is 4.79 Å². The summed E-state index contributed by atoms with van der Waals surface area (Å²) in [5, 5.41) is 2.31. The molecule has 1 N–H and O–H groups in total. The Kier molecular flexibility index (Phi) is 8.43. The molecule has 0 aromatic carbocycles. The molecule has 1 unspecified atom stereocenters. The fraction of sp³-hybridized carbons (Fsp3) is 0.700. The van der Waals surface area contributed by atoms with Gasteiger partial charge in [0.15, 0.2) is 0 Å². The van der Waals surface area contributed by atoms with E-state index in [1.54, 1.807) is 6.92 Å². The Morgan fingerprint density at radius 2 is 1.94 bits per heavy atom. The van der Waals surface area contributed by atoms with Crippen LogP contribution in [0.25, 0.3) is 0 Å². The first-order valence-corrected chi connectivity index (χ1v) is 5.57. The lowest BCUT2D eigenvalue weighted by molar-refractivity contribution is -0.147. The van der Waals surface area contributed by atoms with Crippen molar-refractivity contribution < 1.29 is 28.4 Å². The van der Waals surface area contributed by atoms with E-state index in [9.17, 15) is 14.4 Å². The van der Waals surface area contributed by atoms with Crippen molar-refractivity contribution >= 4 is 25.7 Å². The van der Waals surface area contributed by atoms with E-state index in [1.807, 2.05) is 6.92 Å². The first kappa shape index (κ1) is 16.3. The molecule has 1 radical (unpaired) electrons. The van der Waals surface area contributed by atoms with Crippen molar-refractivity contribution in [2.24, 2.45) is 5.92 Å². The number of carbonyl (C=O) groups excluding carboxylic acids is 3. The number of esters is 1. The normalized spacial score (nSPS) is 11.1. The fourth-order valence-electron chi connectivity index (χ4n) is 0.791. The summed E-state index contributed by atoms with van der Waals surface area (Å²) < 4.78 is 13.5.